The number of hydrogen-bond donors (Lipinski definition) is 2. The van der Waals surface area contributed by atoms with E-state index < -0.39 is 0 Å². The molecule has 0 aromatic carbocycles. The van der Waals surface area contributed by atoms with Gasteiger partial charge in [-0.1, -0.05) is 13.8 Å². The van der Waals surface area contributed by atoms with Gasteiger partial charge in [-0.25, -0.2) is 4.79 Å². The molecule has 0 radical (unpaired) electrons. The quantitative estimate of drug-likeness (QED) is 0.779. The lowest BCUT2D eigenvalue weighted by Crippen LogP contribution is -2.06. The molecule has 0 saturated carbocycles. The first-order valence-corrected chi connectivity index (χ1v) is 6.16. The fourth-order valence-corrected chi connectivity index (χ4v) is 2.03. The highest BCUT2D eigenvalue weighted by molar-refractivity contribution is 7.18. The summed E-state index contributed by atoms with van der Waals surface area (Å²) in [5, 5.41) is 4.14. The number of hydrogen-bond acceptors (Lipinski definition) is 5. The summed E-state index contributed by atoms with van der Waals surface area (Å²) in [6, 6.07) is 1.78. The summed E-state index contributed by atoms with van der Waals surface area (Å²) in [4.78, 5) is 12.0. The van der Waals surface area contributed by atoms with Gasteiger partial charge in [0.1, 0.15) is 4.88 Å². The first kappa shape index (κ1) is 12.8. The predicted octanol–water partition coefficient (Wildman–Crippen LogP) is 2.57. The minimum atomic E-state index is -0.345. The maximum atomic E-state index is 11.5. The Morgan fingerprint density at radius 3 is 2.88 bits per heavy atom. The molecular weight excluding hydrogens is 224 g/mol. The summed E-state index contributed by atoms with van der Waals surface area (Å²) in [6.45, 7) is 7.25. The van der Waals surface area contributed by atoms with Crippen LogP contribution in [0, 0.1) is 5.92 Å². The van der Waals surface area contributed by atoms with Gasteiger partial charge in [0.2, 0.25) is 0 Å². The molecule has 4 nitrogen and oxygen atoms in total. The minimum Gasteiger partial charge on any atom is -0.462 e. The third-order valence-electron chi connectivity index (χ3n) is 1.91. The van der Waals surface area contributed by atoms with E-state index in [2.05, 4.69) is 19.2 Å². The molecule has 0 amide bonds. The van der Waals surface area contributed by atoms with Crippen molar-refractivity contribution in [1.29, 1.82) is 0 Å². The van der Waals surface area contributed by atoms with Crippen LogP contribution in [-0.4, -0.2) is 19.1 Å². The number of anilines is 2. The number of rotatable bonds is 5. The van der Waals surface area contributed by atoms with Crippen molar-refractivity contribution in [3.05, 3.63) is 10.9 Å². The van der Waals surface area contributed by atoms with Gasteiger partial charge in [0.05, 0.1) is 17.3 Å². The fourth-order valence-electron chi connectivity index (χ4n) is 1.15. The van der Waals surface area contributed by atoms with Gasteiger partial charge in [-0.2, -0.15) is 0 Å². The van der Waals surface area contributed by atoms with Crippen LogP contribution in [-0.2, 0) is 4.74 Å². The first-order chi connectivity index (χ1) is 7.54. The number of ether oxygens (including phenoxy) is 1. The summed E-state index contributed by atoms with van der Waals surface area (Å²) >= 11 is 1.34. The second kappa shape index (κ2) is 5.75. The molecular formula is C11H18N2O2S. The predicted molar refractivity (Wildman–Crippen MR) is 68.0 cm³/mol. The number of carbonyl (C=O) groups is 1. The van der Waals surface area contributed by atoms with Crippen molar-refractivity contribution in [2.45, 2.75) is 20.8 Å². The number of esters is 1. The van der Waals surface area contributed by atoms with Crippen molar-refractivity contribution < 1.29 is 9.53 Å². The Morgan fingerprint density at radius 1 is 1.62 bits per heavy atom. The zero-order valence-corrected chi connectivity index (χ0v) is 10.7. The highest BCUT2D eigenvalue weighted by Gasteiger charge is 2.15. The van der Waals surface area contributed by atoms with Crippen LogP contribution < -0.4 is 11.1 Å². The van der Waals surface area contributed by atoms with Crippen LogP contribution in [0.3, 0.4) is 0 Å². The molecule has 0 aliphatic heterocycles. The number of nitrogens with two attached hydrogens (primary N) is 1. The van der Waals surface area contributed by atoms with Crippen molar-refractivity contribution in [3.8, 4) is 0 Å². The Hall–Kier alpha value is -1.23. The summed E-state index contributed by atoms with van der Waals surface area (Å²) in [5.74, 6) is 0.206. The van der Waals surface area contributed by atoms with Crippen LogP contribution >= 0.6 is 11.3 Å². The number of carbonyl (C=O) groups excluding carboxylic acids is 1. The van der Waals surface area contributed by atoms with Crippen LogP contribution in [0.2, 0.25) is 0 Å². The zero-order valence-electron chi connectivity index (χ0n) is 9.87. The third kappa shape index (κ3) is 3.41. The van der Waals surface area contributed by atoms with Gasteiger partial charge in [-0.05, 0) is 18.9 Å². The van der Waals surface area contributed by atoms with E-state index in [1.165, 1.54) is 11.3 Å². The topological polar surface area (TPSA) is 64.3 Å². The Kier molecular flexibility index (Phi) is 4.61. The van der Waals surface area contributed by atoms with Crippen molar-refractivity contribution in [1.82, 2.24) is 0 Å². The molecule has 0 spiro atoms. The molecule has 0 aliphatic carbocycles. The third-order valence-corrected chi connectivity index (χ3v) is 2.99. The van der Waals surface area contributed by atoms with E-state index in [1.807, 2.05) is 0 Å². The molecule has 1 aromatic rings. The van der Waals surface area contributed by atoms with Crippen molar-refractivity contribution in [2.75, 3.05) is 24.2 Å². The van der Waals surface area contributed by atoms with E-state index >= 15 is 0 Å². The smallest absolute Gasteiger partial charge is 0.350 e. The van der Waals surface area contributed by atoms with E-state index in [4.69, 9.17) is 10.5 Å². The number of thiophene rings is 1. The van der Waals surface area contributed by atoms with Gasteiger partial charge in [0, 0.05) is 6.54 Å². The second-order valence-corrected chi connectivity index (χ2v) is 4.94. The molecule has 16 heavy (non-hydrogen) atoms. The summed E-state index contributed by atoms with van der Waals surface area (Å²) in [7, 11) is 0. The van der Waals surface area contributed by atoms with Gasteiger partial charge in [-0.15, -0.1) is 11.3 Å². The van der Waals surface area contributed by atoms with Gasteiger partial charge in [0.25, 0.3) is 0 Å². The Morgan fingerprint density at radius 2 is 2.31 bits per heavy atom. The van der Waals surface area contributed by atoms with Crippen LogP contribution in [0.1, 0.15) is 30.4 Å². The molecule has 0 atom stereocenters. The largest absolute Gasteiger partial charge is 0.462 e. The van der Waals surface area contributed by atoms with Gasteiger partial charge in [-0.3, -0.25) is 0 Å². The summed E-state index contributed by atoms with van der Waals surface area (Å²) < 4.78 is 4.91. The van der Waals surface area contributed by atoms with Crippen LogP contribution in [0.15, 0.2) is 6.07 Å². The maximum absolute atomic E-state index is 11.5. The first-order valence-electron chi connectivity index (χ1n) is 5.34. The lowest BCUT2D eigenvalue weighted by Gasteiger charge is -2.05. The van der Waals surface area contributed by atoms with E-state index in [9.17, 15) is 4.79 Å². The second-order valence-electron chi connectivity index (χ2n) is 3.89. The monoisotopic (exact) mass is 242 g/mol. The molecule has 5 heteroatoms. The van der Waals surface area contributed by atoms with Crippen molar-refractivity contribution in [3.63, 3.8) is 0 Å². The summed E-state index contributed by atoms with van der Waals surface area (Å²) in [6.07, 6.45) is 0. The lowest BCUT2D eigenvalue weighted by atomic mass is 10.2. The SMILES string of the molecule is CCOC(=O)c1sc(NCC(C)C)cc1N. The molecule has 1 rings (SSSR count). The average molecular weight is 242 g/mol. The number of nitrogen functional groups attached to an aromatic ring is 1. The zero-order chi connectivity index (χ0) is 12.1. The Labute approximate surface area is 99.8 Å². The normalized spacial score (nSPS) is 10.5. The van der Waals surface area contributed by atoms with E-state index in [-0.39, 0.29) is 5.97 Å². The molecule has 0 fully saturated rings. The molecule has 90 valence electrons. The molecule has 0 unspecified atom stereocenters. The molecule has 0 bridgehead atoms. The van der Waals surface area contributed by atoms with Crippen molar-refractivity contribution in [2.24, 2.45) is 5.92 Å². The molecule has 3 N–H and O–H groups in total. The van der Waals surface area contributed by atoms with Gasteiger partial charge in [0.15, 0.2) is 0 Å². The van der Waals surface area contributed by atoms with Crippen LogP contribution in [0.5, 0.6) is 0 Å². The van der Waals surface area contributed by atoms with Crippen molar-refractivity contribution >= 4 is 28.0 Å². The molecule has 1 aromatic heterocycles. The fraction of sp³-hybridized carbons (Fsp3) is 0.545. The maximum Gasteiger partial charge on any atom is 0.350 e. The van der Waals surface area contributed by atoms with E-state index in [0.29, 0.717) is 23.1 Å². The standard InChI is InChI=1S/C11H18N2O2S/c1-4-15-11(14)10-8(12)5-9(16-10)13-6-7(2)3/h5,7,13H,4,6,12H2,1-3H3. The van der Waals surface area contributed by atoms with E-state index in [1.54, 1.807) is 13.0 Å². The van der Waals surface area contributed by atoms with Crippen LogP contribution in [0.25, 0.3) is 0 Å². The number of nitrogens with one attached hydrogen (secondary N) is 1. The minimum absolute atomic E-state index is 0.345. The van der Waals surface area contributed by atoms with Gasteiger partial charge < -0.3 is 15.8 Å². The van der Waals surface area contributed by atoms with Crippen LogP contribution in [0.4, 0.5) is 10.7 Å². The Balaban J connectivity index is 2.69. The average Bonchev–Trinajstić information content (AvgIpc) is 2.57. The summed E-state index contributed by atoms with van der Waals surface area (Å²) in [5.41, 5.74) is 6.23. The highest BCUT2D eigenvalue weighted by Crippen LogP contribution is 2.29. The Bertz CT molecular complexity index is 361. The van der Waals surface area contributed by atoms with E-state index in [0.717, 1.165) is 11.5 Å². The van der Waals surface area contributed by atoms with Gasteiger partial charge >= 0.3 is 5.97 Å². The lowest BCUT2D eigenvalue weighted by molar-refractivity contribution is 0.0533. The molecule has 0 aliphatic rings. The highest BCUT2D eigenvalue weighted by atomic mass is 32.1. The molecule has 1 heterocycles. The molecule has 0 saturated heterocycles.